The summed E-state index contributed by atoms with van der Waals surface area (Å²) in [5.74, 6) is 0. The van der Waals surface area contributed by atoms with Crippen LogP contribution in [0, 0.1) is 0 Å². The Morgan fingerprint density at radius 2 is 1.83 bits per heavy atom. The van der Waals surface area contributed by atoms with Gasteiger partial charge in [-0.05, 0) is 31.5 Å². The Hall–Kier alpha value is -1.06. The van der Waals surface area contributed by atoms with E-state index in [0.717, 1.165) is 13.1 Å². The quantitative estimate of drug-likeness (QED) is 0.885. The lowest BCUT2D eigenvalue weighted by molar-refractivity contribution is 0.258. The molecule has 0 aliphatic carbocycles. The summed E-state index contributed by atoms with van der Waals surface area (Å²) in [5.41, 5.74) is 8.65. The van der Waals surface area contributed by atoms with E-state index in [1.54, 1.807) is 0 Å². The second-order valence-electron chi connectivity index (χ2n) is 5.18. The summed E-state index contributed by atoms with van der Waals surface area (Å²) in [6.07, 6.45) is 1.25. The fourth-order valence-corrected chi connectivity index (χ4v) is 2.69. The zero-order valence-electron chi connectivity index (χ0n) is 11.6. The third-order valence-electron chi connectivity index (χ3n) is 3.68. The third-order valence-corrected chi connectivity index (χ3v) is 3.68. The van der Waals surface area contributed by atoms with Crippen LogP contribution >= 0.6 is 0 Å². The molecule has 0 bridgehead atoms. The minimum absolute atomic E-state index is 0.106. The summed E-state index contributed by atoms with van der Waals surface area (Å²) < 4.78 is 0. The normalized spacial score (nSPS) is 18.9. The number of anilines is 1. The Labute approximate surface area is 111 Å². The number of hydrogen-bond donors (Lipinski definition) is 1. The molecule has 100 valence electrons. The van der Waals surface area contributed by atoms with E-state index in [4.69, 9.17) is 5.73 Å². The van der Waals surface area contributed by atoms with Crippen molar-refractivity contribution < 1.29 is 0 Å². The Balaban J connectivity index is 2.05. The van der Waals surface area contributed by atoms with E-state index >= 15 is 0 Å². The number of hydrogen-bond acceptors (Lipinski definition) is 3. The van der Waals surface area contributed by atoms with Crippen LogP contribution in [0.5, 0.6) is 0 Å². The summed E-state index contributed by atoms with van der Waals surface area (Å²) >= 11 is 0. The maximum absolute atomic E-state index is 6.06. The monoisotopic (exact) mass is 247 g/mol. The van der Waals surface area contributed by atoms with Crippen molar-refractivity contribution >= 4 is 5.69 Å². The molecule has 0 amide bonds. The van der Waals surface area contributed by atoms with Gasteiger partial charge in [-0.1, -0.05) is 25.1 Å². The molecule has 3 nitrogen and oxygen atoms in total. The van der Waals surface area contributed by atoms with Crippen molar-refractivity contribution in [3.8, 4) is 0 Å². The maximum atomic E-state index is 6.06. The van der Waals surface area contributed by atoms with Crippen LogP contribution in [0.4, 0.5) is 5.69 Å². The van der Waals surface area contributed by atoms with E-state index in [-0.39, 0.29) is 6.04 Å². The highest BCUT2D eigenvalue weighted by molar-refractivity contribution is 5.55. The molecule has 1 aliphatic rings. The molecule has 0 saturated carbocycles. The Bertz CT molecular complexity index is 368. The highest BCUT2D eigenvalue weighted by atomic mass is 15.3. The predicted octanol–water partition coefficient (Wildman–Crippen LogP) is 2.24. The average Bonchev–Trinajstić information content (AvgIpc) is 2.40. The van der Waals surface area contributed by atoms with Crippen LogP contribution < -0.4 is 10.6 Å². The number of nitrogens with zero attached hydrogens (tertiary/aromatic N) is 2. The molecule has 1 unspecified atom stereocenters. The SMILES string of the molecule is CCCN1CCN(c2ccccc2C(C)N)CC1. The van der Waals surface area contributed by atoms with Gasteiger partial charge in [0.1, 0.15) is 0 Å². The predicted molar refractivity (Wildman–Crippen MR) is 78.0 cm³/mol. The van der Waals surface area contributed by atoms with Gasteiger partial charge >= 0.3 is 0 Å². The van der Waals surface area contributed by atoms with Crippen molar-refractivity contribution in [2.75, 3.05) is 37.6 Å². The van der Waals surface area contributed by atoms with Crippen LogP contribution in [0.1, 0.15) is 31.9 Å². The highest BCUT2D eigenvalue weighted by Gasteiger charge is 2.19. The van der Waals surface area contributed by atoms with Gasteiger partial charge in [-0.3, -0.25) is 4.90 Å². The van der Waals surface area contributed by atoms with E-state index in [1.807, 2.05) is 0 Å². The highest BCUT2D eigenvalue weighted by Crippen LogP contribution is 2.25. The van der Waals surface area contributed by atoms with Crippen LogP contribution in [-0.4, -0.2) is 37.6 Å². The molecule has 1 fully saturated rings. The Kier molecular flexibility index (Phi) is 4.61. The van der Waals surface area contributed by atoms with Crippen molar-refractivity contribution in [2.45, 2.75) is 26.3 Å². The van der Waals surface area contributed by atoms with Crippen LogP contribution in [0.25, 0.3) is 0 Å². The molecule has 1 saturated heterocycles. The zero-order valence-corrected chi connectivity index (χ0v) is 11.6. The van der Waals surface area contributed by atoms with Crippen LogP contribution in [0.15, 0.2) is 24.3 Å². The minimum Gasteiger partial charge on any atom is -0.369 e. The van der Waals surface area contributed by atoms with Crippen molar-refractivity contribution in [3.05, 3.63) is 29.8 Å². The first-order valence-electron chi connectivity index (χ1n) is 7.04. The van der Waals surface area contributed by atoms with Crippen molar-refractivity contribution in [3.63, 3.8) is 0 Å². The standard InChI is InChI=1S/C15H25N3/c1-3-8-17-9-11-18(12-10-17)15-7-5-4-6-14(15)13(2)16/h4-7,13H,3,8-12,16H2,1-2H3. The van der Waals surface area contributed by atoms with E-state index in [2.05, 4.69) is 47.9 Å². The minimum atomic E-state index is 0.106. The van der Waals surface area contributed by atoms with Gasteiger partial charge in [-0.15, -0.1) is 0 Å². The molecule has 1 aliphatic heterocycles. The molecule has 1 heterocycles. The van der Waals surface area contributed by atoms with Gasteiger partial charge in [0.2, 0.25) is 0 Å². The van der Waals surface area contributed by atoms with Gasteiger partial charge in [0.25, 0.3) is 0 Å². The van der Waals surface area contributed by atoms with Crippen molar-refractivity contribution in [1.82, 2.24) is 4.90 Å². The van der Waals surface area contributed by atoms with Gasteiger partial charge in [0.05, 0.1) is 0 Å². The summed E-state index contributed by atoms with van der Waals surface area (Å²) in [6, 6.07) is 8.65. The first-order valence-corrected chi connectivity index (χ1v) is 7.04. The summed E-state index contributed by atoms with van der Waals surface area (Å²) in [4.78, 5) is 5.02. The molecule has 1 aromatic carbocycles. The Morgan fingerprint density at radius 1 is 1.17 bits per heavy atom. The van der Waals surface area contributed by atoms with Gasteiger partial charge in [-0.25, -0.2) is 0 Å². The largest absolute Gasteiger partial charge is 0.369 e. The van der Waals surface area contributed by atoms with Crippen molar-refractivity contribution in [1.29, 1.82) is 0 Å². The lowest BCUT2D eigenvalue weighted by atomic mass is 10.1. The molecule has 1 aromatic rings. The molecule has 18 heavy (non-hydrogen) atoms. The zero-order chi connectivity index (χ0) is 13.0. The smallest absolute Gasteiger partial charge is 0.0415 e. The molecule has 3 heteroatoms. The molecule has 0 aromatic heterocycles. The maximum Gasteiger partial charge on any atom is 0.0415 e. The van der Waals surface area contributed by atoms with E-state index in [0.29, 0.717) is 0 Å². The molecule has 0 radical (unpaired) electrons. The number of nitrogens with two attached hydrogens (primary N) is 1. The molecule has 0 spiro atoms. The topological polar surface area (TPSA) is 32.5 Å². The van der Waals surface area contributed by atoms with Gasteiger partial charge in [0, 0.05) is 37.9 Å². The third kappa shape index (κ3) is 3.03. The first kappa shape index (κ1) is 13.4. The van der Waals surface area contributed by atoms with E-state index in [9.17, 15) is 0 Å². The van der Waals surface area contributed by atoms with Crippen molar-refractivity contribution in [2.24, 2.45) is 5.73 Å². The number of benzene rings is 1. The lowest BCUT2D eigenvalue weighted by Crippen LogP contribution is -2.46. The van der Waals surface area contributed by atoms with E-state index in [1.165, 1.54) is 37.3 Å². The summed E-state index contributed by atoms with van der Waals surface area (Å²) in [7, 11) is 0. The van der Waals surface area contributed by atoms with Gasteiger partial charge in [0.15, 0.2) is 0 Å². The fourth-order valence-electron chi connectivity index (χ4n) is 2.69. The second-order valence-corrected chi connectivity index (χ2v) is 5.18. The molecule has 2 N–H and O–H groups in total. The molecular weight excluding hydrogens is 222 g/mol. The number of para-hydroxylation sites is 1. The molecular formula is C15H25N3. The second kappa shape index (κ2) is 6.21. The molecule has 2 rings (SSSR count). The average molecular weight is 247 g/mol. The Morgan fingerprint density at radius 3 is 2.44 bits per heavy atom. The molecule has 1 atom stereocenters. The van der Waals surface area contributed by atoms with Gasteiger partial charge in [-0.2, -0.15) is 0 Å². The van der Waals surface area contributed by atoms with Gasteiger partial charge < -0.3 is 10.6 Å². The number of piperazine rings is 1. The lowest BCUT2D eigenvalue weighted by Gasteiger charge is -2.37. The van der Waals surface area contributed by atoms with Crippen LogP contribution in [0.3, 0.4) is 0 Å². The van der Waals surface area contributed by atoms with Crippen LogP contribution in [-0.2, 0) is 0 Å². The first-order chi connectivity index (χ1) is 8.72. The summed E-state index contributed by atoms with van der Waals surface area (Å²) in [5, 5.41) is 0. The van der Waals surface area contributed by atoms with Crippen LogP contribution in [0.2, 0.25) is 0 Å². The van der Waals surface area contributed by atoms with E-state index < -0.39 is 0 Å². The summed E-state index contributed by atoms with van der Waals surface area (Å²) in [6.45, 7) is 10.1. The fraction of sp³-hybridized carbons (Fsp3) is 0.600. The number of rotatable bonds is 4.